The van der Waals surface area contributed by atoms with Gasteiger partial charge in [-0.3, -0.25) is 10.1 Å². The Morgan fingerprint density at radius 1 is 1.58 bits per heavy atom. The van der Waals surface area contributed by atoms with E-state index >= 15 is 0 Å². The molecule has 0 radical (unpaired) electrons. The molecule has 1 fully saturated rings. The minimum absolute atomic E-state index is 0.245. The van der Waals surface area contributed by atoms with E-state index in [1.807, 2.05) is 6.07 Å². The third-order valence-corrected chi connectivity index (χ3v) is 5.46. The second-order valence-corrected chi connectivity index (χ2v) is 6.37. The molecule has 1 aliphatic heterocycles. The molecule has 3 rings (SSSR count). The highest BCUT2D eigenvalue weighted by atomic mass is 32.2. The molecule has 2 N–H and O–H groups in total. The summed E-state index contributed by atoms with van der Waals surface area (Å²) < 4.78 is 5.30. The Morgan fingerprint density at radius 2 is 2.42 bits per heavy atom. The molecule has 0 amide bonds. The molecule has 1 aromatic rings. The Kier molecular flexibility index (Phi) is 3.19. The monoisotopic (exact) mass is 279 g/mol. The second-order valence-electron chi connectivity index (χ2n) is 5.05. The third kappa shape index (κ3) is 2.11. The summed E-state index contributed by atoms with van der Waals surface area (Å²) >= 11 is 1.72. The van der Waals surface area contributed by atoms with Gasteiger partial charge in [0.15, 0.2) is 0 Å². The second kappa shape index (κ2) is 4.72. The molecule has 1 spiro atoms. The van der Waals surface area contributed by atoms with E-state index in [0.717, 1.165) is 25.0 Å². The molecule has 0 saturated carbocycles. The first-order chi connectivity index (χ1) is 9.14. The van der Waals surface area contributed by atoms with Crippen LogP contribution in [0.2, 0.25) is 0 Å². The number of aryl methyl sites for hydroxylation is 1. The van der Waals surface area contributed by atoms with Crippen LogP contribution >= 0.6 is 11.8 Å². The number of carboxylic acids is 1. The van der Waals surface area contributed by atoms with Gasteiger partial charge in [-0.15, -0.1) is 11.8 Å². The molecule has 1 heterocycles. The first kappa shape index (κ1) is 12.8. The number of fused-ring (bicyclic) bond motifs is 2. The Balaban J connectivity index is 2.00. The molecule has 102 valence electrons. The van der Waals surface area contributed by atoms with Crippen LogP contribution in [-0.4, -0.2) is 30.0 Å². The molecule has 1 unspecified atom stereocenters. The average molecular weight is 279 g/mol. The van der Waals surface area contributed by atoms with Crippen molar-refractivity contribution in [3.63, 3.8) is 0 Å². The van der Waals surface area contributed by atoms with Gasteiger partial charge in [-0.25, -0.2) is 0 Å². The zero-order valence-electron chi connectivity index (χ0n) is 10.8. The van der Waals surface area contributed by atoms with Crippen LogP contribution in [0.4, 0.5) is 0 Å². The van der Waals surface area contributed by atoms with Gasteiger partial charge in [0.1, 0.15) is 11.8 Å². The highest BCUT2D eigenvalue weighted by molar-refractivity contribution is 8.00. The average Bonchev–Trinajstić information content (AvgIpc) is 2.84. The fourth-order valence-electron chi connectivity index (χ4n) is 2.96. The van der Waals surface area contributed by atoms with Gasteiger partial charge in [0.2, 0.25) is 0 Å². The molecule has 1 aromatic carbocycles. The van der Waals surface area contributed by atoms with Gasteiger partial charge in [-0.05, 0) is 42.5 Å². The van der Waals surface area contributed by atoms with E-state index in [-0.39, 0.29) is 4.87 Å². The molecule has 1 aliphatic carbocycles. The van der Waals surface area contributed by atoms with Crippen LogP contribution in [0.3, 0.4) is 0 Å². The van der Waals surface area contributed by atoms with Gasteiger partial charge in [0, 0.05) is 5.75 Å². The first-order valence-electron chi connectivity index (χ1n) is 6.46. The van der Waals surface area contributed by atoms with Gasteiger partial charge in [0.05, 0.1) is 12.0 Å². The van der Waals surface area contributed by atoms with Crippen molar-refractivity contribution in [2.24, 2.45) is 0 Å². The number of carboxylic acid groups (broad SMARTS) is 1. The lowest BCUT2D eigenvalue weighted by atomic mass is 9.86. The van der Waals surface area contributed by atoms with E-state index in [4.69, 9.17) is 4.74 Å². The Morgan fingerprint density at radius 3 is 3.11 bits per heavy atom. The molecule has 2 aliphatic rings. The fourth-order valence-corrected chi connectivity index (χ4v) is 4.50. The van der Waals surface area contributed by atoms with Crippen molar-refractivity contribution in [2.45, 2.75) is 30.2 Å². The van der Waals surface area contributed by atoms with Crippen LogP contribution in [0.15, 0.2) is 18.2 Å². The number of nitrogens with one attached hydrogen (secondary N) is 1. The van der Waals surface area contributed by atoms with Crippen molar-refractivity contribution >= 4 is 17.7 Å². The lowest BCUT2D eigenvalue weighted by Gasteiger charge is -2.35. The molecule has 2 atom stereocenters. The third-order valence-electron chi connectivity index (χ3n) is 3.93. The van der Waals surface area contributed by atoms with Gasteiger partial charge in [-0.1, -0.05) is 6.07 Å². The summed E-state index contributed by atoms with van der Waals surface area (Å²) in [6.45, 7) is 0. The van der Waals surface area contributed by atoms with Crippen molar-refractivity contribution in [3.05, 3.63) is 29.3 Å². The number of carbonyl (C=O) groups is 1. The van der Waals surface area contributed by atoms with E-state index in [1.165, 1.54) is 11.1 Å². The van der Waals surface area contributed by atoms with Crippen molar-refractivity contribution in [1.82, 2.24) is 5.32 Å². The number of thioether (sulfide) groups is 1. The van der Waals surface area contributed by atoms with Crippen LogP contribution in [0.5, 0.6) is 5.75 Å². The summed E-state index contributed by atoms with van der Waals surface area (Å²) in [6.07, 6.45) is 3.12. The zero-order valence-corrected chi connectivity index (χ0v) is 11.6. The standard InChI is InChI=1S/C14H17NO3S/c1-18-10-5-4-9-3-2-6-14(11(9)7-10)15-12(8-19-14)13(16)17/h4-5,7,12,15H,2-3,6,8H2,1H3,(H,16,17)/t12-,14?/m1/s1. The van der Waals surface area contributed by atoms with E-state index in [0.29, 0.717) is 5.75 Å². The summed E-state index contributed by atoms with van der Waals surface area (Å²) in [5.74, 6) is 0.687. The molecule has 0 aromatic heterocycles. The summed E-state index contributed by atoms with van der Waals surface area (Å²) in [5, 5.41) is 12.5. The highest BCUT2D eigenvalue weighted by Gasteiger charge is 2.45. The maximum Gasteiger partial charge on any atom is 0.321 e. The molecule has 19 heavy (non-hydrogen) atoms. The van der Waals surface area contributed by atoms with Gasteiger partial charge in [0.25, 0.3) is 0 Å². The Bertz CT molecular complexity index is 519. The van der Waals surface area contributed by atoms with Crippen LogP contribution in [0.25, 0.3) is 0 Å². The minimum Gasteiger partial charge on any atom is -0.497 e. The van der Waals surface area contributed by atoms with Crippen molar-refractivity contribution < 1.29 is 14.6 Å². The number of aliphatic carboxylic acids is 1. The summed E-state index contributed by atoms with van der Waals surface area (Å²) in [4.78, 5) is 10.9. The summed E-state index contributed by atoms with van der Waals surface area (Å²) in [6, 6.07) is 5.68. The SMILES string of the molecule is COc1ccc2c(c1)C1(CCC2)N[C@@H](C(=O)O)CS1. The Labute approximate surface area is 116 Å². The maximum atomic E-state index is 11.2. The summed E-state index contributed by atoms with van der Waals surface area (Å²) in [5.41, 5.74) is 2.50. The number of hydrogen-bond donors (Lipinski definition) is 2. The van der Waals surface area contributed by atoms with E-state index in [1.54, 1.807) is 18.9 Å². The number of hydrogen-bond acceptors (Lipinski definition) is 4. The number of methoxy groups -OCH3 is 1. The molecule has 1 saturated heterocycles. The molecule has 0 bridgehead atoms. The molecular formula is C14H17NO3S. The summed E-state index contributed by atoms with van der Waals surface area (Å²) in [7, 11) is 1.66. The van der Waals surface area contributed by atoms with E-state index in [9.17, 15) is 9.90 Å². The van der Waals surface area contributed by atoms with Crippen LogP contribution in [-0.2, 0) is 16.1 Å². The van der Waals surface area contributed by atoms with Crippen LogP contribution in [0.1, 0.15) is 24.0 Å². The normalized spacial score (nSPS) is 29.2. The Hall–Kier alpha value is -1.20. The maximum absolute atomic E-state index is 11.2. The van der Waals surface area contributed by atoms with Gasteiger partial charge in [-0.2, -0.15) is 0 Å². The quantitative estimate of drug-likeness (QED) is 0.867. The fraction of sp³-hybridized carbons (Fsp3) is 0.500. The minimum atomic E-state index is -0.764. The largest absolute Gasteiger partial charge is 0.497 e. The topological polar surface area (TPSA) is 58.6 Å². The molecule has 4 nitrogen and oxygen atoms in total. The van der Waals surface area contributed by atoms with Crippen LogP contribution in [0, 0.1) is 0 Å². The van der Waals surface area contributed by atoms with Crippen molar-refractivity contribution in [2.75, 3.05) is 12.9 Å². The van der Waals surface area contributed by atoms with Crippen molar-refractivity contribution in [1.29, 1.82) is 0 Å². The van der Waals surface area contributed by atoms with Crippen molar-refractivity contribution in [3.8, 4) is 5.75 Å². The van der Waals surface area contributed by atoms with Gasteiger partial charge < -0.3 is 9.84 Å². The number of benzene rings is 1. The predicted molar refractivity (Wildman–Crippen MR) is 74.6 cm³/mol. The first-order valence-corrected chi connectivity index (χ1v) is 7.45. The van der Waals surface area contributed by atoms with E-state index in [2.05, 4.69) is 17.4 Å². The lowest BCUT2D eigenvalue weighted by Crippen LogP contribution is -2.45. The smallest absolute Gasteiger partial charge is 0.321 e. The zero-order chi connectivity index (χ0) is 13.5. The van der Waals surface area contributed by atoms with E-state index < -0.39 is 12.0 Å². The number of rotatable bonds is 2. The van der Waals surface area contributed by atoms with Gasteiger partial charge >= 0.3 is 5.97 Å². The predicted octanol–water partition coefficient (Wildman–Crippen LogP) is 1.97. The lowest BCUT2D eigenvalue weighted by molar-refractivity contribution is -0.138. The molecule has 5 heteroatoms. The molecular weight excluding hydrogens is 262 g/mol. The number of ether oxygens (including phenoxy) is 1. The van der Waals surface area contributed by atoms with Crippen LogP contribution < -0.4 is 10.1 Å². The highest BCUT2D eigenvalue weighted by Crippen LogP contribution is 2.48.